The number of aromatic nitrogens is 1. The van der Waals surface area contributed by atoms with Gasteiger partial charge in [0, 0.05) is 6.20 Å². The Morgan fingerprint density at radius 2 is 2.36 bits per heavy atom. The molecule has 0 aliphatic heterocycles. The molecule has 5 nitrogen and oxygen atoms in total. The van der Waals surface area contributed by atoms with Gasteiger partial charge in [-0.1, -0.05) is 0 Å². The van der Waals surface area contributed by atoms with E-state index in [0.717, 1.165) is 6.34 Å². The molecule has 0 spiro atoms. The van der Waals surface area contributed by atoms with Crippen LogP contribution in [0, 0.1) is 10.8 Å². The lowest BCUT2D eigenvalue weighted by atomic mass is 10.3. The van der Waals surface area contributed by atoms with Crippen LogP contribution < -0.4 is 5.49 Å². The highest BCUT2D eigenvalue weighted by Gasteiger charge is 2.06. The van der Waals surface area contributed by atoms with Crippen molar-refractivity contribution in [3.63, 3.8) is 0 Å². The fourth-order valence-corrected chi connectivity index (χ4v) is 0.959. The number of hydrogen-bond donors (Lipinski definition) is 2. The Morgan fingerprint density at radius 3 is 2.93 bits per heavy atom. The molecule has 0 saturated carbocycles. The van der Waals surface area contributed by atoms with Gasteiger partial charge in [0.1, 0.15) is 5.49 Å². The van der Waals surface area contributed by atoms with Crippen molar-refractivity contribution in [2.45, 2.75) is 6.92 Å². The summed E-state index contributed by atoms with van der Waals surface area (Å²) >= 11 is 0. The average Bonchev–Trinajstić information content (AvgIpc) is 2.19. The number of nitrogens with one attached hydrogen (secondary N) is 2. The molecule has 0 unspecified atom stereocenters. The van der Waals surface area contributed by atoms with Crippen LogP contribution in [-0.2, 0) is 4.74 Å². The first kappa shape index (κ1) is 10.2. The summed E-state index contributed by atoms with van der Waals surface area (Å²) in [5.74, 6) is -0.442. The predicted molar refractivity (Wildman–Crippen MR) is 50.4 cm³/mol. The van der Waals surface area contributed by atoms with E-state index < -0.39 is 5.97 Å². The van der Waals surface area contributed by atoms with Gasteiger partial charge in [0.2, 0.25) is 0 Å². The minimum atomic E-state index is -0.442. The van der Waals surface area contributed by atoms with E-state index >= 15 is 0 Å². The molecule has 1 aromatic rings. The third-order valence-electron chi connectivity index (χ3n) is 1.63. The van der Waals surface area contributed by atoms with Crippen LogP contribution in [0.5, 0.6) is 0 Å². The van der Waals surface area contributed by atoms with Gasteiger partial charge < -0.3 is 4.74 Å². The van der Waals surface area contributed by atoms with Crippen molar-refractivity contribution >= 4 is 12.3 Å². The van der Waals surface area contributed by atoms with Crippen LogP contribution in [0.4, 0.5) is 0 Å². The smallest absolute Gasteiger partial charge is 0.339 e. The summed E-state index contributed by atoms with van der Waals surface area (Å²) in [4.78, 5) is 11.3. The summed E-state index contributed by atoms with van der Waals surface area (Å²) in [6.45, 7) is 2.04. The number of ether oxygens (including phenoxy) is 1. The van der Waals surface area contributed by atoms with E-state index in [9.17, 15) is 4.79 Å². The molecular weight excluding hydrogens is 182 g/mol. The monoisotopic (exact) mass is 193 g/mol. The highest BCUT2D eigenvalue weighted by Crippen LogP contribution is 1.97. The minimum absolute atomic E-state index is 0.146. The van der Waals surface area contributed by atoms with Crippen LogP contribution in [0.15, 0.2) is 18.3 Å². The van der Waals surface area contributed by atoms with Crippen molar-refractivity contribution in [1.29, 1.82) is 10.8 Å². The van der Waals surface area contributed by atoms with Gasteiger partial charge in [-0.2, -0.15) is 0 Å². The van der Waals surface area contributed by atoms with E-state index in [-0.39, 0.29) is 5.49 Å². The van der Waals surface area contributed by atoms with Crippen molar-refractivity contribution < 1.29 is 9.53 Å². The standard InChI is InChI=1S/C9H11N3O2/c1-2-14-9(13)7-3-4-8(11)12(5-7)6-10/h3-6,10-11H,2H2,1H3. The number of carbonyl (C=O) groups excluding carboxylic acids is 1. The maximum absolute atomic E-state index is 11.3. The first-order valence-corrected chi connectivity index (χ1v) is 4.13. The van der Waals surface area contributed by atoms with Gasteiger partial charge in [-0.05, 0) is 19.1 Å². The first-order chi connectivity index (χ1) is 6.69. The summed E-state index contributed by atoms with van der Waals surface area (Å²) in [6.07, 6.45) is 2.36. The molecule has 5 heteroatoms. The maximum atomic E-state index is 11.3. The second-order valence-corrected chi connectivity index (χ2v) is 2.56. The second kappa shape index (κ2) is 4.36. The second-order valence-electron chi connectivity index (χ2n) is 2.56. The molecule has 2 N–H and O–H groups in total. The lowest BCUT2D eigenvalue weighted by molar-refractivity contribution is 0.0525. The Balaban J connectivity index is 3.06. The van der Waals surface area contributed by atoms with Gasteiger partial charge in [-0.25, -0.2) is 4.79 Å². The van der Waals surface area contributed by atoms with Crippen LogP contribution in [0.25, 0.3) is 0 Å². The molecule has 0 saturated heterocycles. The summed E-state index contributed by atoms with van der Waals surface area (Å²) in [5.41, 5.74) is 0.486. The topological polar surface area (TPSA) is 78.9 Å². The largest absolute Gasteiger partial charge is 0.462 e. The molecule has 0 fully saturated rings. The highest BCUT2D eigenvalue weighted by atomic mass is 16.5. The average molecular weight is 193 g/mol. The summed E-state index contributed by atoms with van der Waals surface area (Å²) < 4.78 is 6.01. The quantitative estimate of drug-likeness (QED) is 0.419. The molecule has 14 heavy (non-hydrogen) atoms. The molecule has 74 valence electrons. The Labute approximate surface area is 81.0 Å². The minimum Gasteiger partial charge on any atom is -0.462 e. The van der Waals surface area contributed by atoms with Crippen molar-refractivity contribution in [3.05, 3.63) is 29.4 Å². The third kappa shape index (κ3) is 2.07. The molecule has 1 rings (SSSR count). The molecule has 0 atom stereocenters. The van der Waals surface area contributed by atoms with Crippen molar-refractivity contribution in [2.24, 2.45) is 0 Å². The van der Waals surface area contributed by atoms with E-state index in [0.29, 0.717) is 12.2 Å². The van der Waals surface area contributed by atoms with Crippen molar-refractivity contribution in [1.82, 2.24) is 4.57 Å². The van der Waals surface area contributed by atoms with Gasteiger partial charge >= 0.3 is 5.97 Å². The van der Waals surface area contributed by atoms with Crippen molar-refractivity contribution in [3.8, 4) is 0 Å². The Morgan fingerprint density at radius 1 is 1.64 bits per heavy atom. The third-order valence-corrected chi connectivity index (χ3v) is 1.63. The number of hydrogen-bond acceptors (Lipinski definition) is 4. The van der Waals surface area contributed by atoms with Gasteiger partial charge in [-0.3, -0.25) is 15.4 Å². The molecule has 0 aliphatic carbocycles. The SMILES string of the molecule is CCOC(=O)c1ccc(=N)n(C=N)c1. The summed E-state index contributed by atoms with van der Waals surface area (Å²) in [6, 6.07) is 2.94. The molecule has 1 heterocycles. The zero-order chi connectivity index (χ0) is 10.6. The number of carbonyl (C=O) groups is 1. The van der Waals surface area contributed by atoms with Crippen LogP contribution >= 0.6 is 0 Å². The lowest BCUT2D eigenvalue weighted by Crippen LogP contribution is -2.20. The molecule has 0 aromatic carbocycles. The van der Waals surface area contributed by atoms with E-state index in [4.69, 9.17) is 15.6 Å². The molecule has 0 amide bonds. The normalized spacial score (nSPS) is 9.50. The number of nitrogens with zero attached hydrogens (tertiary/aromatic N) is 1. The molecule has 0 aliphatic rings. The van der Waals surface area contributed by atoms with E-state index in [2.05, 4.69) is 0 Å². The van der Waals surface area contributed by atoms with Crippen LogP contribution in [0.3, 0.4) is 0 Å². The summed E-state index contributed by atoms with van der Waals surface area (Å²) in [5, 5.41) is 14.4. The summed E-state index contributed by atoms with van der Waals surface area (Å²) in [7, 11) is 0. The fourth-order valence-electron chi connectivity index (χ4n) is 0.959. The zero-order valence-corrected chi connectivity index (χ0v) is 7.78. The number of esters is 1. The van der Waals surface area contributed by atoms with Gasteiger partial charge in [0.25, 0.3) is 0 Å². The zero-order valence-electron chi connectivity index (χ0n) is 7.78. The number of pyridine rings is 1. The van der Waals surface area contributed by atoms with Crippen molar-refractivity contribution in [2.75, 3.05) is 6.61 Å². The van der Waals surface area contributed by atoms with Crippen LogP contribution in [0.2, 0.25) is 0 Å². The predicted octanol–water partition coefficient (Wildman–Crippen LogP) is 0.599. The van der Waals surface area contributed by atoms with Gasteiger partial charge in [-0.15, -0.1) is 0 Å². The van der Waals surface area contributed by atoms with Gasteiger partial charge in [0.05, 0.1) is 18.5 Å². The molecular formula is C9H11N3O2. The Kier molecular flexibility index (Phi) is 3.17. The van der Waals surface area contributed by atoms with E-state index in [1.807, 2.05) is 0 Å². The Hall–Kier alpha value is -1.91. The maximum Gasteiger partial charge on any atom is 0.339 e. The van der Waals surface area contributed by atoms with E-state index in [1.165, 1.54) is 22.9 Å². The van der Waals surface area contributed by atoms with Crippen LogP contribution in [0.1, 0.15) is 17.3 Å². The van der Waals surface area contributed by atoms with E-state index in [1.54, 1.807) is 6.92 Å². The first-order valence-electron chi connectivity index (χ1n) is 4.13. The fraction of sp³-hybridized carbons (Fsp3) is 0.222. The Bertz CT molecular complexity index is 409. The molecule has 1 aromatic heterocycles. The lowest BCUT2D eigenvalue weighted by Gasteiger charge is -2.03. The van der Waals surface area contributed by atoms with Crippen LogP contribution in [-0.4, -0.2) is 23.5 Å². The van der Waals surface area contributed by atoms with Gasteiger partial charge in [0.15, 0.2) is 0 Å². The highest BCUT2D eigenvalue weighted by molar-refractivity contribution is 5.89. The molecule has 0 bridgehead atoms. The number of rotatable bonds is 3. The molecule has 0 radical (unpaired) electrons.